The molecule has 5 N–H and O–H groups in total. The Balaban J connectivity index is 1.45. The molecule has 0 radical (unpaired) electrons. The van der Waals surface area contributed by atoms with Gasteiger partial charge in [-0.15, -0.1) is 0 Å². The van der Waals surface area contributed by atoms with Crippen molar-refractivity contribution in [1.29, 1.82) is 0 Å². The largest absolute Gasteiger partial charge is 0.497 e. The Bertz CT molecular complexity index is 2990. The van der Waals surface area contributed by atoms with Gasteiger partial charge in [-0.05, 0) is 106 Å². The highest BCUT2D eigenvalue weighted by molar-refractivity contribution is 6.09. The lowest BCUT2D eigenvalue weighted by atomic mass is 9.91. The van der Waals surface area contributed by atoms with E-state index in [-0.39, 0.29) is 68.1 Å². The second-order valence-electron chi connectivity index (χ2n) is 25.5. The Hall–Kier alpha value is -8.01. The van der Waals surface area contributed by atoms with Crippen LogP contribution < -0.4 is 26.0 Å². The van der Waals surface area contributed by atoms with Crippen LogP contribution in [0, 0.1) is 29.6 Å². The fraction of sp³-hybridized carbons (Fsp3) is 0.580. The van der Waals surface area contributed by atoms with Gasteiger partial charge >= 0.3 is 11.9 Å². The SMILES string of the molecule is CC[C@H](C)[C@H]1NC(=O)[C@H](NC(=O)[C@@H](CC(C)C)N(C)C(=O)CCCCCNC(=O)c2ccc(C(=O)c3ccccc3)cc2)[C@@H](C)OC(=O)[C@H](Cc2ccc(OC)cc2)N(C)C(=O)[C@@H]2CCCN2C(=O)[C@H](CC(C)C)NC(=O)[C@@H](C)C(=O)[C@H](C(C)C)OC(=O)C[C@@H]1O. The lowest BCUT2D eigenvalue weighted by Gasteiger charge is -2.36. The Labute approximate surface area is 536 Å². The van der Waals surface area contributed by atoms with E-state index in [1.165, 1.54) is 49.8 Å². The van der Waals surface area contributed by atoms with Crippen LogP contribution in [0.15, 0.2) is 78.9 Å². The molecular formula is C69H97N7O15. The number of ether oxygens (including phenoxy) is 3. The first-order valence-corrected chi connectivity index (χ1v) is 32.0. The number of aliphatic hydroxyl groups excluding tert-OH is 1. The molecule has 91 heavy (non-hydrogen) atoms. The molecule has 2 aliphatic heterocycles. The molecule has 22 heteroatoms. The number of benzene rings is 3. The quantitative estimate of drug-likeness (QED) is 0.0326. The Morgan fingerprint density at radius 2 is 1.42 bits per heavy atom. The molecular weight excluding hydrogens is 1170 g/mol. The number of rotatable bonds is 22. The molecule has 0 spiro atoms. The number of nitrogens with one attached hydrogen (secondary N) is 4. The molecule has 0 saturated carbocycles. The van der Waals surface area contributed by atoms with Crippen LogP contribution in [-0.4, -0.2) is 174 Å². The highest BCUT2D eigenvalue weighted by Gasteiger charge is 2.45. The summed E-state index contributed by atoms with van der Waals surface area (Å²) < 4.78 is 17.3. The number of unbranched alkanes of at least 4 members (excludes halogenated alkanes) is 2. The maximum Gasteiger partial charge on any atom is 0.329 e. The summed E-state index contributed by atoms with van der Waals surface area (Å²) in [5.74, 6) is -9.72. The van der Waals surface area contributed by atoms with E-state index < -0.39 is 126 Å². The molecule has 0 aromatic heterocycles. The third-order valence-corrected chi connectivity index (χ3v) is 17.1. The fourth-order valence-electron chi connectivity index (χ4n) is 11.4. The van der Waals surface area contributed by atoms with Crippen LogP contribution in [0.25, 0.3) is 0 Å². The summed E-state index contributed by atoms with van der Waals surface area (Å²) in [6.07, 6.45) is -2.72. The highest BCUT2D eigenvalue weighted by atomic mass is 16.6. The highest BCUT2D eigenvalue weighted by Crippen LogP contribution is 2.27. The number of ketones is 2. The van der Waals surface area contributed by atoms with Crippen LogP contribution in [0.4, 0.5) is 0 Å². The summed E-state index contributed by atoms with van der Waals surface area (Å²) in [5, 5.41) is 23.1. The molecule has 2 saturated heterocycles. The van der Waals surface area contributed by atoms with E-state index in [1.54, 1.807) is 100 Å². The van der Waals surface area contributed by atoms with E-state index in [1.807, 2.05) is 33.8 Å². The van der Waals surface area contributed by atoms with Gasteiger partial charge in [0.15, 0.2) is 17.7 Å². The summed E-state index contributed by atoms with van der Waals surface area (Å²) in [7, 11) is 4.39. The predicted octanol–water partition coefficient (Wildman–Crippen LogP) is 6.17. The Morgan fingerprint density at radius 3 is 2.02 bits per heavy atom. The minimum atomic E-state index is -1.73. The van der Waals surface area contributed by atoms with Crippen molar-refractivity contribution >= 4 is 64.9 Å². The van der Waals surface area contributed by atoms with Crippen LogP contribution in [0.5, 0.6) is 5.75 Å². The lowest BCUT2D eigenvalue weighted by molar-refractivity contribution is -0.163. The van der Waals surface area contributed by atoms with Gasteiger partial charge in [-0.1, -0.05) is 123 Å². The molecule has 3 aromatic rings. The first kappa shape index (κ1) is 73.7. The van der Waals surface area contributed by atoms with Gasteiger partial charge in [-0.3, -0.25) is 47.9 Å². The number of amides is 7. The average molecular weight is 1260 g/mol. The number of aliphatic hydroxyl groups is 1. The lowest BCUT2D eigenvalue weighted by Crippen LogP contribution is -2.61. The standard InChI is InChI=1S/C69H97N7O15/c1-14-43(8)58-55(77)39-57(79)91-62(42(6)7)60(80)44(9)63(82)71-51(36-40(2)3)67(86)76-35-21-24-52(76)68(87)75(12)54(38-46-26-32-50(89-13)33-27-46)69(88)90-45(10)59(66(85)72-58)73-65(84)53(37-41(4)5)74(11)56(78)25-19-16-20-34-70-64(83)49-30-28-48(29-31-49)61(81)47-22-17-15-18-23-47/h15,17-18,22-23,26-33,40-45,51-55,58-59,62,77H,14,16,19-21,24-25,34-39H2,1-13H3,(H,70,83)(H,71,82)(H,72,85)(H,73,84)/t43-,44-,45+,51-,52-,53+,54-,55-,58+,59+,62-/m0/s1. The van der Waals surface area contributed by atoms with Crippen molar-refractivity contribution in [3.05, 3.63) is 101 Å². The average Bonchev–Trinajstić information content (AvgIpc) is 1.86. The third-order valence-electron chi connectivity index (χ3n) is 17.1. The summed E-state index contributed by atoms with van der Waals surface area (Å²) >= 11 is 0. The molecule has 0 aliphatic carbocycles. The molecule has 11 atom stereocenters. The first-order valence-electron chi connectivity index (χ1n) is 32.0. The second kappa shape index (κ2) is 35.0. The van der Waals surface area contributed by atoms with Crippen LogP contribution in [0.3, 0.4) is 0 Å². The number of hydrogen-bond donors (Lipinski definition) is 5. The maximum atomic E-state index is 15.1. The summed E-state index contributed by atoms with van der Waals surface area (Å²) in [5.41, 5.74) is 1.95. The van der Waals surface area contributed by atoms with E-state index in [0.717, 1.165) is 0 Å². The fourth-order valence-corrected chi connectivity index (χ4v) is 11.4. The molecule has 498 valence electrons. The van der Waals surface area contributed by atoms with Gasteiger partial charge in [0.2, 0.25) is 35.4 Å². The third kappa shape index (κ3) is 20.8. The van der Waals surface area contributed by atoms with Crippen molar-refractivity contribution in [3.8, 4) is 5.75 Å². The van der Waals surface area contributed by atoms with E-state index in [4.69, 9.17) is 14.2 Å². The van der Waals surface area contributed by atoms with Gasteiger partial charge in [-0.2, -0.15) is 0 Å². The van der Waals surface area contributed by atoms with E-state index in [2.05, 4.69) is 21.3 Å². The normalized spacial score (nSPS) is 23.4. The minimum absolute atomic E-state index is 0.0330. The molecule has 2 heterocycles. The molecule has 3 aromatic carbocycles. The van der Waals surface area contributed by atoms with E-state index in [0.29, 0.717) is 66.7 Å². The second-order valence-corrected chi connectivity index (χ2v) is 25.5. The van der Waals surface area contributed by atoms with Crippen LogP contribution in [-0.2, 0) is 59.0 Å². The number of carbonyl (C=O) groups excluding carboxylic acids is 11. The molecule has 7 amide bonds. The Morgan fingerprint density at radius 1 is 0.780 bits per heavy atom. The summed E-state index contributed by atoms with van der Waals surface area (Å²) in [4.78, 5) is 160. The summed E-state index contributed by atoms with van der Waals surface area (Å²) in [6, 6.07) is 14.2. The predicted molar refractivity (Wildman–Crippen MR) is 341 cm³/mol. The molecule has 0 unspecified atom stereocenters. The number of carbonyl (C=O) groups is 11. The summed E-state index contributed by atoms with van der Waals surface area (Å²) in [6.45, 7) is 17.3. The van der Waals surface area contributed by atoms with Gasteiger partial charge in [-0.25, -0.2) is 4.79 Å². The van der Waals surface area contributed by atoms with Crippen molar-refractivity contribution in [2.75, 3.05) is 34.3 Å². The number of likely N-dealkylation sites (N-methyl/N-ethyl adjacent to an activating group) is 2. The van der Waals surface area contributed by atoms with Crippen molar-refractivity contribution in [2.45, 2.75) is 194 Å². The van der Waals surface area contributed by atoms with Gasteiger partial charge in [0.25, 0.3) is 5.91 Å². The van der Waals surface area contributed by atoms with Crippen LogP contribution in [0.1, 0.15) is 165 Å². The van der Waals surface area contributed by atoms with Gasteiger partial charge in [0, 0.05) is 56.7 Å². The smallest absolute Gasteiger partial charge is 0.329 e. The minimum Gasteiger partial charge on any atom is -0.497 e. The van der Waals surface area contributed by atoms with Crippen molar-refractivity contribution in [2.24, 2.45) is 29.6 Å². The van der Waals surface area contributed by atoms with E-state index in [9.17, 15) is 48.3 Å². The number of hydrogen-bond acceptors (Lipinski definition) is 15. The van der Waals surface area contributed by atoms with Gasteiger partial charge < -0.3 is 55.3 Å². The topological polar surface area (TPSA) is 294 Å². The molecule has 0 bridgehead atoms. The van der Waals surface area contributed by atoms with Gasteiger partial charge in [0.1, 0.15) is 42.1 Å². The molecule has 2 aliphatic rings. The van der Waals surface area contributed by atoms with Crippen molar-refractivity contribution in [3.63, 3.8) is 0 Å². The number of fused-ring (bicyclic) bond motifs is 1. The number of methoxy groups -OCH3 is 1. The zero-order chi connectivity index (χ0) is 67.4. The van der Waals surface area contributed by atoms with E-state index >= 15 is 9.59 Å². The molecule has 2 fully saturated rings. The van der Waals surface area contributed by atoms with Crippen LogP contribution >= 0.6 is 0 Å². The number of cyclic esters (lactones) is 2. The number of esters is 2. The number of nitrogens with zero attached hydrogens (tertiary/aromatic N) is 3. The zero-order valence-electron chi connectivity index (χ0n) is 55.3. The Kier molecular flexibility index (Phi) is 28.3. The van der Waals surface area contributed by atoms with Gasteiger partial charge in [0.05, 0.1) is 31.6 Å². The first-order chi connectivity index (χ1) is 43.1. The molecule has 22 nitrogen and oxygen atoms in total. The van der Waals surface area contributed by atoms with Crippen molar-refractivity contribution < 1.29 is 72.1 Å². The monoisotopic (exact) mass is 1260 g/mol. The zero-order valence-corrected chi connectivity index (χ0v) is 55.3. The van der Waals surface area contributed by atoms with Crippen LogP contribution in [0.2, 0.25) is 0 Å². The molecule has 5 rings (SSSR count). The number of Topliss-reactive ketones (excluding diaryl/α,β-unsaturated/α-hetero) is 1. The van der Waals surface area contributed by atoms with Crippen molar-refractivity contribution in [1.82, 2.24) is 36.0 Å². The maximum absolute atomic E-state index is 15.1.